The summed E-state index contributed by atoms with van der Waals surface area (Å²) in [5.74, 6) is 0. The maximum Gasteiger partial charge on any atom is 0.0705 e. The Morgan fingerprint density at radius 1 is 1.00 bits per heavy atom. The molecular formula is C17H14Cl2N2. The molecule has 0 aliphatic rings. The maximum atomic E-state index is 6.15. The van der Waals surface area contributed by atoms with Crippen LogP contribution in [-0.4, -0.2) is 12.0 Å². The first-order chi connectivity index (χ1) is 10.2. The largest absolute Gasteiger partial charge is 0.309 e. The molecule has 0 radical (unpaired) electrons. The van der Waals surface area contributed by atoms with Crippen molar-refractivity contribution in [1.82, 2.24) is 10.3 Å². The summed E-state index contributed by atoms with van der Waals surface area (Å²) < 4.78 is 0. The maximum absolute atomic E-state index is 6.15. The van der Waals surface area contributed by atoms with Crippen LogP contribution in [0.25, 0.3) is 10.9 Å². The number of nitrogens with one attached hydrogen (secondary N) is 1. The molecule has 1 aromatic heterocycles. The molecule has 1 atom stereocenters. The average Bonchev–Trinajstić information content (AvgIpc) is 2.52. The van der Waals surface area contributed by atoms with Crippen LogP contribution in [0.4, 0.5) is 0 Å². The van der Waals surface area contributed by atoms with Gasteiger partial charge in [0.15, 0.2) is 0 Å². The van der Waals surface area contributed by atoms with Gasteiger partial charge in [-0.2, -0.15) is 0 Å². The number of halogens is 2. The van der Waals surface area contributed by atoms with Crippen LogP contribution in [0, 0.1) is 0 Å². The SMILES string of the molecule is CNC(c1ccc(Cl)c(Cl)c1)c1ccnc2ccccc12. The van der Waals surface area contributed by atoms with Gasteiger partial charge < -0.3 is 5.32 Å². The Kier molecular flexibility index (Phi) is 4.11. The lowest BCUT2D eigenvalue weighted by atomic mass is 9.96. The van der Waals surface area contributed by atoms with Crippen LogP contribution >= 0.6 is 23.2 Å². The van der Waals surface area contributed by atoms with Crippen molar-refractivity contribution in [3.05, 3.63) is 75.9 Å². The number of para-hydroxylation sites is 1. The standard InChI is InChI=1S/C17H14Cl2N2/c1-20-17(11-6-7-14(18)15(19)10-11)13-8-9-21-16-5-3-2-4-12(13)16/h2-10,17,20H,1H3. The molecule has 3 rings (SSSR count). The van der Waals surface area contributed by atoms with Gasteiger partial charge in [-0.25, -0.2) is 0 Å². The first kappa shape index (κ1) is 14.3. The Morgan fingerprint density at radius 3 is 2.57 bits per heavy atom. The summed E-state index contributed by atoms with van der Waals surface area (Å²) in [4.78, 5) is 4.41. The lowest BCUT2D eigenvalue weighted by Gasteiger charge is -2.19. The molecule has 0 aliphatic carbocycles. The second-order valence-corrected chi connectivity index (χ2v) is 5.63. The van der Waals surface area contributed by atoms with Crippen molar-refractivity contribution in [2.24, 2.45) is 0 Å². The topological polar surface area (TPSA) is 24.9 Å². The minimum atomic E-state index is 0.0349. The molecule has 106 valence electrons. The third-order valence-corrected chi connectivity index (χ3v) is 4.30. The molecule has 0 amide bonds. The van der Waals surface area contributed by atoms with Gasteiger partial charge >= 0.3 is 0 Å². The van der Waals surface area contributed by atoms with Gasteiger partial charge in [-0.05, 0) is 42.4 Å². The number of fused-ring (bicyclic) bond motifs is 1. The molecule has 1 N–H and O–H groups in total. The van der Waals surface area contributed by atoms with E-state index in [1.54, 1.807) is 0 Å². The number of rotatable bonds is 3. The molecule has 2 aromatic carbocycles. The van der Waals surface area contributed by atoms with Crippen molar-refractivity contribution >= 4 is 34.1 Å². The van der Waals surface area contributed by atoms with Gasteiger partial charge in [-0.15, -0.1) is 0 Å². The van der Waals surface area contributed by atoms with Crippen LogP contribution in [-0.2, 0) is 0 Å². The highest BCUT2D eigenvalue weighted by atomic mass is 35.5. The van der Waals surface area contributed by atoms with Crippen LogP contribution in [0.15, 0.2) is 54.7 Å². The summed E-state index contributed by atoms with van der Waals surface area (Å²) in [5.41, 5.74) is 3.22. The molecule has 4 heteroatoms. The second kappa shape index (κ2) is 6.02. The van der Waals surface area contributed by atoms with Crippen molar-refractivity contribution in [1.29, 1.82) is 0 Å². The molecule has 1 unspecified atom stereocenters. The third kappa shape index (κ3) is 2.75. The Labute approximate surface area is 133 Å². The Morgan fingerprint density at radius 2 is 1.81 bits per heavy atom. The highest BCUT2D eigenvalue weighted by Crippen LogP contribution is 2.31. The molecule has 0 saturated heterocycles. The zero-order valence-electron chi connectivity index (χ0n) is 11.5. The summed E-state index contributed by atoms with van der Waals surface area (Å²) in [5, 5.41) is 5.60. The van der Waals surface area contributed by atoms with E-state index in [4.69, 9.17) is 23.2 Å². The van der Waals surface area contributed by atoms with E-state index in [1.165, 1.54) is 5.56 Å². The molecule has 0 saturated carbocycles. The van der Waals surface area contributed by atoms with Gasteiger partial charge in [-0.1, -0.05) is 47.5 Å². The normalized spacial score (nSPS) is 12.5. The van der Waals surface area contributed by atoms with E-state index < -0.39 is 0 Å². The third-order valence-electron chi connectivity index (χ3n) is 3.56. The predicted octanol–water partition coefficient (Wildman–Crippen LogP) is 4.85. The van der Waals surface area contributed by atoms with Gasteiger partial charge in [0.1, 0.15) is 0 Å². The van der Waals surface area contributed by atoms with Crippen LogP contribution in [0.3, 0.4) is 0 Å². The predicted molar refractivity (Wildman–Crippen MR) is 89.1 cm³/mol. The smallest absolute Gasteiger partial charge is 0.0705 e. The van der Waals surface area contributed by atoms with E-state index in [2.05, 4.69) is 16.4 Å². The highest BCUT2D eigenvalue weighted by molar-refractivity contribution is 6.42. The van der Waals surface area contributed by atoms with Crippen LogP contribution in [0.1, 0.15) is 17.2 Å². The van der Waals surface area contributed by atoms with E-state index in [9.17, 15) is 0 Å². The fourth-order valence-corrected chi connectivity index (χ4v) is 2.87. The number of benzene rings is 2. The van der Waals surface area contributed by atoms with Gasteiger partial charge in [-0.3, -0.25) is 4.98 Å². The van der Waals surface area contributed by atoms with Gasteiger partial charge in [0.05, 0.1) is 21.6 Å². The van der Waals surface area contributed by atoms with Crippen LogP contribution in [0.2, 0.25) is 10.0 Å². The van der Waals surface area contributed by atoms with Crippen molar-refractivity contribution in [2.75, 3.05) is 7.05 Å². The Hall–Kier alpha value is -1.61. The molecule has 1 heterocycles. The molecule has 3 aromatic rings. The molecular weight excluding hydrogens is 303 g/mol. The monoisotopic (exact) mass is 316 g/mol. The minimum Gasteiger partial charge on any atom is -0.309 e. The van der Waals surface area contributed by atoms with Crippen molar-refractivity contribution < 1.29 is 0 Å². The molecule has 0 fully saturated rings. The zero-order chi connectivity index (χ0) is 14.8. The quantitative estimate of drug-likeness (QED) is 0.747. The first-order valence-electron chi connectivity index (χ1n) is 6.66. The van der Waals surface area contributed by atoms with E-state index in [0.717, 1.165) is 16.5 Å². The molecule has 0 bridgehead atoms. The summed E-state index contributed by atoms with van der Waals surface area (Å²) >= 11 is 12.2. The fraction of sp³-hybridized carbons (Fsp3) is 0.118. The van der Waals surface area contributed by atoms with Crippen LogP contribution in [0.5, 0.6) is 0 Å². The fourth-order valence-electron chi connectivity index (χ4n) is 2.56. The van der Waals surface area contributed by atoms with E-state index in [-0.39, 0.29) is 6.04 Å². The molecule has 0 spiro atoms. The summed E-state index contributed by atoms with van der Waals surface area (Å²) in [6, 6.07) is 15.9. The van der Waals surface area contributed by atoms with Gasteiger partial charge in [0, 0.05) is 11.6 Å². The lowest BCUT2D eigenvalue weighted by molar-refractivity contribution is 0.696. The lowest BCUT2D eigenvalue weighted by Crippen LogP contribution is -2.18. The van der Waals surface area contributed by atoms with Gasteiger partial charge in [0.2, 0.25) is 0 Å². The first-order valence-corrected chi connectivity index (χ1v) is 7.42. The Bertz CT molecular complexity index is 781. The molecule has 2 nitrogen and oxygen atoms in total. The number of hydrogen-bond donors (Lipinski definition) is 1. The minimum absolute atomic E-state index is 0.0349. The van der Waals surface area contributed by atoms with E-state index >= 15 is 0 Å². The summed E-state index contributed by atoms with van der Waals surface area (Å²) in [6.45, 7) is 0. The average molecular weight is 317 g/mol. The van der Waals surface area contributed by atoms with Crippen molar-refractivity contribution in [3.8, 4) is 0 Å². The number of pyridine rings is 1. The van der Waals surface area contributed by atoms with E-state index in [0.29, 0.717) is 10.0 Å². The van der Waals surface area contributed by atoms with Crippen molar-refractivity contribution in [2.45, 2.75) is 6.04 Å². The number of nitrogens with zero attached hydrogens (tertiary/aromatic N) is 1. The summed E-state index contributed by atoms with van der Waals surface area (Å²) in [7, 11) is 1.93. The zero-order valence-corrected chi connectivity index (χ0v) is 13.0. The molecule has 21 heavy (non-hydrogen) atoms. The van der Waals surface area contributed by atoms with Crippen LogP contribution < -0.4 is 5.32 Å². The second-order valence-electron chi connectivity index (χ2n) is 4.81. The molecule has 0 aliphatic heterocycles. The van der Waals surface area contributed by atoms with E-state index in [1.807, 2.05) is 55.7 Å². The van der Waals surface area contributed by atoms with Gasteiger partial charge in [0.25, 0.3) is 0 Å². The number of hydrogen-bond acceptors (Lipinski definition) is 2. The number of aromatic nitrogens is 1. The van der Waals surface area contributed by atoms with Crippen molar-refractivity contribution in [3.63, 3.8) is 0 Å². The Balaban J connectivity index is 2.16. The highest BCUT2D eigenvalue weighted by Gasteiger charge is 2.16. The summed E-state index contributed by atoms with van der Waals surface area (Å²) in [6.07, 6.45) is 1.83.